The fraction of sp³-hybridized carbons (Fsp3) is 0.588. The van der Waals surface area contributed by atoms with Gasteiger partial charge in [-0.15, -0.1) is 0 Å². The molecule has 116 valence electrons. The fourth-order valence-corrected chi connectivity index (χ4v) is 3.08. The zero-order valence-electron chi connectivity index (χ0n) is 13.0. The molecular formula is C17H27N3O. The number of anilines is 2. The number of nitrogen functional groups attached to an aromatic ring is 1. The van der Waals surface area contributed by atoms with Gasteiger partial charge in [0.1, 0.15) is 0 Å². The molecule has 0 spiro atoms. The molecule has 1 amide bonds. The van der Waals surface area contributed by atoms with Crippen molar-refractivity contribution in [2.75, 3.05) is 24.1 Å². The molecule has 0 aliphatic carbocycles. The summed E-state index contributed by atoms with van der Waals surface area (Å²) in [5, 5.41) is 2.93. The second-order valence-corrected chi connectivity index (χ2v) is 5.87. The minimum atomic E-state index is 0.0692. The van der Waals surface area contributed by atoms with Crippen molar-refractivity contribution in [1.29, 1.82) is 0 Å². The van der Waals surface area contributed by atoms with Crippen molar-refractivity contribution in [3.05, 3.63) is 24.3 Å². The summed E-state index contributed by atoms with van der Waals surface area (Å²) in [4.78, 5) is 14.6. The molecular weight excluding hydrogens is 262 g/mol. The first kappa shape index (κ1) is 15.8. The lowest BCUT2D eigenvalue weighted by Crippen LogP contribution is -2.36. The number of hydrogen-bond donors (Lipinski definition) is 2. The summed E-state index contributed by atoms with van der Waals surface area (Å²) >= 11 is 0. The average Bonchev–Trinajstić information content (AvgIpc) is 2.70. The van der Waals surface area contributed by atoms with Crippen molar-refractivity contribution in [2.24, 2.45) is 0 Å². The van der Waals surface area contributed by atoms with Crippen molar-refractivity contribution in [3.63, 3.8) is 0 Å². The quantitative estimate of drug-likeness (QED) is 0.818. The monoisotopic (exact) mass is 289 g/mol. The Morgan fingerprint density at radius 2 is 2.24 bits per heavy atom. The van der Waals surface area contributed by atoms with Gasteiger partial charge in [-0.05, 0) is 44.0 Å². The highest BCUT2D eigenvalue weighted by Gasteiger charge is 2.19. The fourth-order valence-electron chi connectivity index (χ4n) is 3.08. The largest absolute Gasteiger partial charge is 0.399 e. The molecule has 1 atom stereocenters. The summed E-state index contributed by atoms with van der Waals surface area (Å²) in [6, 6.07) is 7.98. The predicted molar refractivity (Wildman–Crippen MR) is 88.2 cm³/mol. The SMILES string of the molecule is CCC1CCCCCN1CCC(=O)Nc1cccc(N)c1. The van der Waals surface area contributed by atoms with Crippen molar-refractivity contribution in [3.8, 4) is 0 Å². The number of nitrogens with two attached hydrogens (primary N) is 1. The van der Waals surface area contributed by atoms with Crippen molar-refractivity contribution < 1.29 is 4.79 Å². The molecule has 1 heterocycles. The van der Waals surface area contributed by atoms with E-state index in [1.165, 1.54) is 32.1 Å². The number of carbonyl (C=O) groups is 1. The van der Waals surface area contributed by atoms with Gasteiger partial charge >= 0.3 is 0 Å². The smallest absolute Gasteiger partial charge is 0.225 e. The number of carbonyl (C=O) groups excluding carboxylic acids is 1. The van der Waals surface area contributed by atoms with Crippen LogP contribution in [0.4, 0.5) is 11.4 Å². The van der Waals surface area contributed by atoms with E-state index >= 15 is 0 Å². The Bertz CT molecular complexity index is 461. The maximum atomic E-state index is 12.1. The Morgan fingerprint density at radius 1 is 1.38 bits per heavy atom. The van der Waals surface area contributed by atoms with Crippen LogP contribution in [0.15, 0.2) is 24.3 Å². The lowest BCUT2D eigenvalue weighted by molar-refractivity contribution is -0.116. The van der Waals surface area contributed by atoms with Crippen LogP contribution in [-0.4, -0.2) is 29.9 Å². The van der Waals surface area contributed by atoms with Crippen LogP contribution in [0.5, 0.6) is 0 Å². The summed E-state index contributed by atoms with van der Waals surface area (Å²) in [6.07, 6.45) is 6.90. The average molecular weight is 289 g/mol. The van der Waals surface area contributed by atoms with E-state index in [1.807, 2.05) is 18.2 Å². The van der Waals surface area contributed by atoms with E-state index in [0.29, 0.717) is 18.2 Å². The second kappa shape index (κ2) is 8.03. The van der Waals surface area contributed by atoms with Crippen LogP contribution in [0.2, 0.25) is 0 Å². The van der Waals surface area contributed by atoms with Crippen molar-refractivity contribution in [2.45, 2.75) is 51.5 Å². The summed E-state index contributed by atoms with van der Waals surface area (Å²) in [6.45, 7) is 4.23. The Hall–Kier alpha value is -1.55. The molecule has 0 aromatic heterocycles. The van der Waals surface area contributed by atoms with Crippen LogP contribution in [0.1, 0.15) is 45.4 Å². The van der Waals surface area contributed by atoms with Gasteiger partial charge in [0.05, 0.1) is 0 Å². The molecule has 0 bridgehead atoms. The first-order valence-corrected chi connectivity index (χ1v) is 8.08. The number of nitrogens with zero attached hydrogens (tertiary/aromatic N) is 1. The van der Waals surface area contributed by atoms with Crippen molar-refractivity contribution in [1.82, 2.24) is 4.90 Å². The van der Waals surface area contributed by atoms with Crippen molar-refractivity contribution >= 4 is 17.3 Å². The maximum absolute atomic E-state index is 12.1. The van der Waals surface area contributed by atoms with Gasteiger partial charge in [0.15, 0.2) is 0 Å². The van der Waals surface area contributed by atoms with E-state index < -0.39 is 0 Å². The van der Waals surface area contributed by atoms with E-state index in [4.69, 9.17) is 5.73 Å². The first-order valence-electron chi connectivity index (χ1n) is 8.08. The minimum absolute atomic E-state index is 0.0692. The first-order chi connectivity index (χ1) is 10.2. The van der Waals surface area contributed by atoms with E-state index in [9.17, 15) is 4.79 Å². The van der Waals surface area contributed by atoms with Crippen LogP contribution in [0.3, 0.4) is 0 Å². The third-order valence-electron chi connectivity index (χ3n) is 4.27. The van der Waals surface area contributed by atoms with E-state index in [1.54, 1.807) is 6.07 Å². The molecule has 2 rings (SSSR count). The van der Waals surface area contributed by atoms with Gasteiger partial charge in [-0.2, -0.15) is 0 Å². The number of benzene rings is 1. The summed E-state index contributed by atoms with van der Waals surface area (Å²) in [7, 11) is 0. The third-order valence-corrected chi connectivity index (χ3v) is 4.27. The summed E-state index contributed by atoms with van der Waals surface area (Å²) < 4.78 is 0. The van der Waals surface area contributed by atoms with Gasteiger partial charge in [0.2, 0.25) is 5.91 Å². The molecule has 1 aliphatic heterocycles. The van der Waals surface area contributed by atoms with Gasteiger partial charge in [-0.25, -0.2) is 0 Å². The molecule has 21 heavy (non-hydrogen) atoms. The van der Waals surface area contributed by atoms with E-state index in [-0.39, 0.29) is 5.91 Å². The highest BCUT2D eigenvalue weighted by atomic mass is 16.1. The molecule has 4 nitrogen and oxygen atoms in total. The Balaban J connectivity index is 1.82. The van der Waals surface area contributed by atoms with Crippen LogP contribution < -0.4 is 11.1 Å². The van der Waals surface area contributed by atoms with Crippen LogP contribution >= 0.6 is 0 Å². The Kier molecular flexibility index (Phi) is 6.05. The lowest BCUT2D eigenvalue weighted by atomic mass is 10.1. The molecule has 0 saturated carbocycles. The zero-order valence-corrected chi connectivity index (χ0v) is 13.0. The molecule has 1 unspecified atom stereocenters. The topological polar surface area (TPSA) is 58.4 Å². The van der Waals surface area contributed by atoms with Gasteiger partial charge in [0.25, 0.3) is 0 Å². The molecule has 0 radical (unpaired) electrons. The Morgan fingerprint density at radius 3 is 3.00 bits per heavy atom. The van der Waals surface area contributed by atoms with Gasteiger partial charge in [-0.1, -0.05) is 25.8 Å². The highest BCUT2D eigenvalue weighted by molar-refractivity contribution is 5.91. The molecule has 1 fully saturated rings. The minimum Gasteiger partial charge on any atom is -0.399 e. The second-order valence-electron chi connectivity index (χ2n) is 5.87. The van der Waals surface area contributed by atoms with Gasteiger partial charge < -0.3 is 11.1 Å². The number of amides is 1. The van der Waals surface area contributed by atoms with E-state index in [2.05, 4.69) is 17.1 Å². The summed E-state index contributed by atoms with van der Waals surface area (Å²) in [5.74, 6) is 0.0692. The zero-order chi connectivity index (χ0) is 15.1. The predicted octanol–water partition coefficient (Wildman–Crippen LogP) is 3.25. The standard InChI is InChI=1S/C17H27N3O/c1-2-16-9-4-3-5-11-20(16)12-10-17(21)19-15-8-6-7-14(18)13-15/h6-8,13,16H,2-5,9-12,18H2,1H3,(H,19,21). The molecule has 1 aromatic rings. The number of rotatable bonds is 5. The third kappa shape index (κ3) is 5.05. The molecule has 3 N–H and O–H groups in total. The van der Waals surface area contributed by atoms with Crippen LogP contribution in [0.25, 0.3) is 0 Å². The normalized spacial score (nSPS) is 20.0. The van der Waals surface area contributed by atoms with Crippen LogP contribution in [0, 0.1) is 0 Å². The Labute approximate surface area is 127 Å². The number of likely N-dealkylation sites (tertiary alicyclic amines) is 1. The number of nitrogens with one attached hydrogen (secondary N) is 1. The maximum Gasteiger partial charge on any atom is 0.225 e. The molecule has 1 saturated heterocycles. The van der Waals surface area contributed by atoms with Gasteiger partial charge in [0, 0.05) is 30.4 Å². The number of hydrogen-bond acceptors (Lipinski definition) is 3. The molecule has 1 aliphatic rings. The molecule has 1 aromatic carbocycles. The van der Waals surface area contributed by atoms with E-state index in [0.717, 1.165) is 18.8 Å². The summed E-state index contributed by atoms with van der Waals surface area (Å²) in [5.41, 5.74) is 7.17. The van der Waals surface area contributed by atoms with Crippen LogP contribution in [-0.2, 0) is 4.79 Å². The molecule has 4 heteroatoms. The van der Waals surface area contributed by atoms with Gasteiger partial charge in [-0.3, -0.25) is 9.69 Å². The lowest BCUT2D eigenvalue weighted by Gasteiger charge is -2.28. The highest BCUT2D eigenvalue weighted by Crippen LogP contribution is 2.19.